The van der Waals surface area contributed by atoms with Gasteiger partial charge >= 0.3 is 0 Å². The zero-order valence-corrected chi connectivity index (χ0v) is 6.79. The van der Waals surface area contributed by atoms with Crippen LogP contribution in [0, 0.1) is 18.9 Å². The Labute approximate surface area is 76.1 Å². The molecule has 1 aliphatic rings. The maximum atomic E-state index is 11.3. The third kappa shape index (κ3) is 1.28. The summed E-state index contributed by atoms with van der Waals surface area (Å²) in [5.41, 5.74) is 7.58. The second-order valence-corrected chi connectivity index (χ2v) is 2.68. The van der Waals surface area contributed by atoms with Crippen LogP contribution in [0.1, 0.15) is 15.9 Å². The van der Waals surface area contributed by atoms with E-state index in [9.17, 15) is 4.79 Å². The molecule has 0 fully saturated rings. The molecule has 0 aliphatic carbocycles. The lowest BCUT2D eigenvalue weighted by Gasteiger charge is -2.17. The van der Waals surface area contributed by atoms with Gasteiger partial charge in [-0.2, -0.15) is 0 Å². The molecule has 0 saturated carbocycles. The van der Waals surface area contributed by atoms with Gasteiger partial charge in [-0.05, 0) is 18.2 Å². The molecule has 1 aromatic carbocycles. The number of hydrogen-bond acceptors (Lipinski definition) is 3. The van der Waals surface area contributed by atoms with Gasteiger partial charge in [0.05, 0.1) is 5.69 Å². The number of terminal acetylenes is 1. The number of hydrogen-bond donors (Lipinski definition) is 2. The van der Waals surface area contributed by atoms with Crippen molar-refractivity contribution in [3.05, 3.63) is 35.9 Å². The molecule has 1 heterocycles. The number of nitrogens with one attached hydrogen (secondary N) is 2. The van der Waals surface area contributed by atoms with Crippen molar-refractivity contribution in [3.63, 3.8) is 0 Å². The number of hydrazine groups is 1. The normalized spacial score (nSPS) is 14.2. The molecule has 0 bridgehead atoms. The summed E-state index contributed by atoms with van der Waals surface area (Å²) in [7, 11) is 0. The second kappa shape index (κ2) is 2.92. The third-order valence-corrected chi connectivity index (χ3v) is 1.86. The number of ketones is 1. The Kier molecular flexibility index (Phi) is 1.76. The Bertz CT molecular complexity index is 404. The summed E-state index contributed by atoms with van der Waals surface area (Å²) < 4.78 is 0. The van der Waals surface area contributed by atoms with Gasteiger partial charge in [-0.3, -0.25) is 4.79 Å². The smallest absolute Gasteiger partial charge is 0.185 e. The Morgan fingerprint density at radius 1 is 1.38 bits per heavy atom. The lowest BCUT2D eigenvalue weighted by atomic mass is 10.0. The van der Waals surface area contributed by atoms with Gasteiger partial charge in [-0.1, -0.05) is 5.92 Å². The summed E-state index contributed by atoms with van der Waals surface area (Å²) in [5.74, 6) is 2.42. The van der Waals surface area contributed by atoms with Crippen LogP contribution in [0.5, 0.6) is 0 Å². The number of fused-ring (bicyclic) bond motifs is 1. The van der Waals surface area contributed by atoms with Crippen LogP contribution >= 0.6 is 0 Å². The molecule has 3 nitrogen and oxygen atoms in total. The average Bonchev–Trinajstić information content (AvgIpc) is 2.18. The van der Waals surface area contributed by atoms with Crippen LogP contribution in [0.4, 0.5) is 5.69 Å². The predicted octanol–water partition coefficient (Wildman–Crippen LogP) is 0.942. The second-order valence-electron chi connectivity index (χ2n) is 2.68. The lowest BCUT2D eigenvalue weighted by molar-refractivity contribution is 0.102. The fourth-order valence-corrected chi connectivity index (χ4v) is 1.20. The largest absolute Gasteiger partial charge is 0.320 e. The molecule has 0 atom stereocenters. The standard InChI is InChI=1S/C10H7N2O/c1-2-7-3-4-9-8(5-7)10(13)6-11-12-9/h1,3-6,11-12H. The van der Waals surface area contributed by atoms with Crippen molar-refractivity contribution in [2.45, 2.75) is 0 Å². The quantitative estimate of drug-likeness (QED) is 0.571. The molecule has 0 saturated heterocycles. The summed E-state index contributed by atoms with van der Waals surface area (Å²) in [4.78, 5) is 11.3. The Balaban J connectivity index is 2.55. The van der Waals surface area contributed by atoms with Crippen molar-refractivity contribution in [2.75, 3.05) is 5.43 Å². The predicted molar refractivity (Wildman–Crippen MR) is 49.8 cm³/mol. The van der Waals surface area contributed by atoms with Gasteiger partial charge in [0.2, 0.25) is 0 Å². The monoisotopic (exact) mass is 171 g/mol. The molecule has 0 aromatic heterocycles. The first-order valence-electron chi connectivity index (χ1n) is 3.81. The molecule has 2 rings (SSSR count). The fourth-order valence-electron chi connectivity index (χ4n) is 1.20. The molecule has 0 spiro atoms. The zero-order valence-electron chi connectivity index (χ0n) is 6.79. The van der Waals surface area contributed by atoms with Crippen molar-refractivity contribution < 1.29 is 4.79 Å². The van der Waals surface area contributed by atoms with Crippen LogP contribution in [-0.4, -0.2) is 5.78 Å². The molecule has 3 heteroatoms. The molecule has 1 aromatic rings. The molecule has 1 radical (unpaired) electrons. The van der Waals surface area contributed by atoms with Crippen LogP contribution in [0.2, 0.25) is 0 Å². The van der Waals surface area contributed by atoms with Gasteiger partial charge in [0, 0.05) is 11.1 Å². The van der Waals surface area contributed by atoms with E-state index < -0.39 is 0 Å². The van der Waals surface area contributed by atoms with E-state index in [1.54, 1.807) is 18.2 Å². The molecular weight excluding hydrogens is 164 g/mol. The first-order valence-corrected chi connectivity index (χ1v) is 3.81. The minimum Gasteiger partial charge on any atom is -0.320 e. The highest BCUT2D eigenvalue weighted by molar-refractivity contribution is 6.08. The SMILES string of the molecule is C#Cc1ccc2c(c1)C(=O)[CH]NN2. The van der Waals surface area contributed by atoms with E-state index in [1.165, 1.54) is 6.54 Å². The van der Waals surface area contributed by atoms with Crippen molar-refractivity contribution in [1.82, 2.24) is 5.43 Å². The first kappa shape index (κ1) is 7.84. The van der Waals surface area contributed by atoms with Gasteiger partial charge in [-0.15, -0.1) is 6.42 Å². The van der Waals surface area contributed by atoms with E-state index in [4.69, 9.17) is 6.42 Å². The van der Waals surface area contributed by atoms with Gasteiger partial charge in [0.25, 0.3) is 0 Å². The molecule has 0 unspecified atom stereocenters. The highest BCUT2D eigenvalue weighted by Crippen LogP contribution is 2.20. The number of carbonyl (C=O) groups excluding carboxylic acids is 1. The van der Waals surface area contributed by atoms with Crippen molar-refractivity contribution in [1.29, 1.82) is 0 Å². The van der Waals surface area contributed by atoms with Crippen molar-refractivity contribution >= 4 is 11.5 Å². The number of rotatable bonds is 0. The van der Waals surface area contributed by atoms with Crippen molar-refractivity contribution in [3.8, 4) is 12.3 Å². The van der Waals surface area contributed by atoms with Crippen LogP contribution in [0.3, 0.4) is 0 Å². The zero-order chi connectivity index (χ0) is 9.26. The fraction of sp³-hybridized carbons (Fsp3) is 0. The Hall–Kier alpha value is -1.79. The van der Waals surface area contributed by atoms with E-state index in [0.29, 0.717) is 11.1 Å². The number of anilines is 1. The topological polar surface area (TPSA) is 41.1 Å². The average molecular weight is 171 g/mol. The third-order valence-electron chi connectivity index (χ3n) is 1.86. The van der Waals surface area contributed by atoms with Crippen LogP contribution in [-0.2, 0) is 0 Å². The number of benzene rings is 1. The molecule has 1 aliphatic heterocycles. The molecule has 2 N–H and O–H groups in total. The molecular formula is C10H7N2O. The van der Waals surface area contributed by atoms with Gasteiger partial charge < -0.3 is 5.43 Å². The van der Waals surface area contributed by atoms with E-state index in [1.807, 2.05) is 0 Å². The van der Waals surface area contributed by atoms with E-state index in [-0.39, 0.29) is 5.78 Å². The maximum absolute atomic E-state index is 11.3. The highest BCUT2D eigenvalue weighted by Gasteiger charge is 2.16. The maximum Gasteiger partial charge on any atom is 0.185 e. The summed E-state index contributed by atoms with van der Waals surface area (Å²) in [6.07, 6.45) is 5.22. The van der Waals surface area contributed by atoms with Gasteiger partial charge in [0.15, 0.2) is 5.78 Å². The summed E-state index contributed by atoms with van der Waals surface area (Å²) in [5, 5.41) is 0. The molecule has 63 valence electrons. The summed E-state index contributed by atoms with van der Waals surface area (Å²) >= 11 is 0. The van der Waals surface area contributed by atoms with E-state index >= 15 is 0 Å². The van der Waals surface area contributed by atoms with Crippen LogP contribution in [0.15, 0.2) is 18.2 Å². The summed E-state index contributed by atoms with van der Waals surface area (Å²) in [6.45, 7) is 1.36. The minimum absolute atomic E-state index is 0.0640. The van der Waals surface area contributed by atoms with Crippen LogP contribution < -0.4 is 10.9 Å². The van der Waals surface area contributed by atoms with Crippen LogP contribution in [0.25, 0.3) is 0 Å². The number of Topliss-reactive ketones (excluding diaryl/α,β-unsaturated/α-hetero) is 1. The van der Waals surface area contributed by atoms with E-state index in [2.05, 4.69) is 16.8 Å². The highest BCUT2D eigenvalue weighted by atomic mass is 16.1. The van der Waals surface area contributed by atoms with Crippen molar-refractivity contribution in [2.24, 2.45) is 0 Å². The number of carbonyl (C=O) groups is 1. The molecule has 13 heavy (non-hydrogen) atoms. The van der Waals surface area contributed by atoms with Gasteiger partial charge in [-0.25, -0.2) is 5.43 Å². The Morgan fingerprint density at radius 3 is 3.00 bits per heavy atom. The lowest BCUT2D eigenvalue weighted by Crippen LogP contribution is -2.29. The van der Waals surface area contributed by atoms with E-state index in [0.717, 1.165) is 5.69 Å². The minimum atomic E-state index is -0.0640. The van der Waals surface area contributed by atoms with Gasteiger partial charge in [0.1, 0.15) is 6.54 Å². The first-order chi connectivity index (χ1) is 6.31. The summed E-state index contributed by atoms with van der Waals surface area (Å²) in [6, 6.07) is 5.26. The Morgan fingerprint density at radius 2 is 2.23 bits per heavy atom. The molecule has 0 amide bonds.